The van der Waals surface area contributed by atoms with Gasteiger partial charge in [0, 0.05) is 11.6 Å². The van der Waals surface area contributed by atoms with E-state index in [-0.39, 0.29) is 5.78 Å². The molecule has 0 saturated carbocycles. The van der Waals surface area contributed by atoms with Crippen molar-refractivity contribution in [2.75, 3.05) is 7.11 Å². The van der Waals surface area contributed by atoms with Crippen LogP contribution in [0.25, 0.3) is 6.08 Å². The number of thiazole rings is 1. The number of carbonyl (C=O) groups excluding carboxylic acids is 1. The summed E-state index contributed by atoms with van der Waals surface area (Å²) in [7, 11) is 1.64. The zero-order chi connectivity index (χ0) is 15.7. The molecule has 0 radical (unpaired) electrons. The van der Waals surface area contributed by atoms with Crippen LogP contribution in [0.2, 0.25) is 0 Å². The molecule has 0 aliphatic carbocycles. The third kappa shape index (κ3) is 2.71. The predicted octanol–water partition coefficient (Wildman–Crippen LogP) is 3.88. The minimum Gasteiger partial charge on any atom is -0.496 e. The van der Waals surface area contributed by atoms with E-state index in [0.29, 0.717) is 15.0 Å². The number of thioether (sulfide) groups is 1. The Morgan fingerprint density at radius 2 is 2.23 bits per heavy atom. The lowest BCUT2D eigenvalue weighted by Crippen LogP contribution is -2.11. The van der Waals surface area contributed by atoms with Gasteiger partial charge in [0.1, 0.15) is 16.7 Å². The van der Waals surface area contributed by atoms with Gasteiger partial charge in [0.25, 0.3) is 0 Å². The maximum absolute atomic E-state index is 12.5. The van der Waals surface area contributed by atoms with E-state index in [9.17, 15) is 4.79 Å². The number of nitrogens with one attached hydrogen (secondary N) is 1. The van der Waals surface area contributed by atoms with E-state index in [1.54, 1.807) is 13.3 Å². The van der Waals surface area contributed by atoms with Crippen LogP contribution in [-0.4, -0.2) is 22.9 Å². The predicted molar refractivity (Wildman–Crippen MR) is 90.9 cm³/mol. The van der Waals surface area contributed by atoms with Crippen LogP contribution < -0.4 is 4.74 Å². The normalized spacial score (nSPS) is 19.9. The molecule has 2 aromatic rings. The van der Waals surface area contributed by atoms with Crippen molar-refractivity contribution in [1.82, 2.24) is 4.98 Å². The maximum atomic E-state index is 12.5. The minimum absolute atomic E-state index is 0.0431. The Morgan fingerprint density at radius 1 is 1.41 bits per heavy atom. The van der Waals surface area contributed by atoms with Gasteiger partial charge in [-0.3, -0.25) is 10.2 Å². The number of rotatable bonds is 3. The van der Waals surface area contributed by atoms with Crippen molar-refractivity contribution in [3.63, 3.8) is 0 Å². The fourth-order valence-electron chi connectivity index (χ4n) is 2.33. The fourth-order valence-corrected chi connectivity index (χ4v) is 4.14. The Labute approximate surface area is 136 Å². The molecule has 22 heavy (non-hydrogen) atoms. The van der Waals surface area contributed by atoms with Crippen molar-refractivity contribution in [3.05, 3.63) is 50.8 Å². The van der Waals surface area contributed by atoms with E-state index in [2.05, 4.69) is 4.98 Å². The van der Waals surface area contributed by atoms with Crippen LogP contribution in [0, 0.1) is 12.3 Å². The summed E-state index contributed by atoms with van der Waals surface area (Å²) in [4.78, 5) is 17.3. The first-order chi connectivity index (χ1) is 10.6. The number of carbonyl (C=O) groups is 1. The lowest BCUT2D eigenvalue weighted by Gasteiger charge is -2.05. The first-order valence-electron chi connectivity index (χ1n) is 6.66. The van der Waals surface area contributed by atoms with Crippen molar-refractivity contribution >= 4 is 40.0 Å². The van der Waals surface area contributed by atoms with E-state index in [0.717, 1.165) is 16.9 Å². The summed E-state index contributed by atoms with van der Waals surface area (Å²) < 4.78 is 5.24. The Morgan fingerprint density at radius 3 is 2.86 bits per heavy atom. The Kier molecular flexibility index (Phi) is 4.13. The molecule has 112 valence electrons. The average molecular weight is 330 g/mol. The van der Waals surface area contributed by atoms with Gasteiger partial charge >= 0.3 is 0 Å². The molecule has 1 aliphatic rings. The van der Waals surface area contributed by atoms with Gasteiger partial charge in [-0.05, 0) is 36.3 Å². The lowest BCUT2D eigenvalue weighted by atomic mass is 10.0. The molecule has 0 amide bonds. The summed E-state index contributed by atoms with van der Waals surface area (Å²) in [6, 6.07) is 5.77. The summed E-state index contributed by atoms with van der Waals surface area (Å²) in [6.07, 6.45) is 3.50. The van der Waals surface area contributed by atoms with Gasteiger partial charge in [0.2, 0.25) is 0 Å². The first-order valence-corrected chi connectivity index (χ1v) is 8.36. The van der Waals surface area contributed by atoms with Crippen LogP contribution in [0.3, 0.4) is 0 Å². The van der Waals surface area contributed by atoms with Crippen molar-refractivity contribution < 1.29 is 9.53 Å². The number of hydrogen-bond acceptors (Lipinski definition) is 6. The van der Waals surface area contributed by atoms with Crippen molar-refractivity contribution in [3.8, 4) is 5.75 Å². The summed E-state index contributed by atoms with van der Waals surface area (Å²) in [6.45, 7) is 1.96. The molecule has 1 fully saturated rings. The molecule has 0 bridgehead atoms. The van der Waals surface area contributed by atoms with Gasteiger partial charge < -0.3 is 4.74 Å². The second-order valence-electron chi connectivity index (χ2n) is 4.87. The van der Waals surface area contributed by atoms with Gasteiger partial charge in [0.15, 0.2) is 5.78 Å². The summed E-state index contributed by atoms with van der Waals surface area (Å²) in [5.74, 6) is 0.245. The molecule has 1 aliphatic heterocycles. The molecule has 0 unspecified atom stereocenters. The van der Waals surface area contributed by atoms with Gasteiger partial charge in [0.05, 0.1) is 17.1 Å². The number of ketones is 1. The second kappa shape index (κ2) is 6.06. The molecule has 6 heteroatoms. The van der Waals surface area contributed by atoms with E-state index >= 15 is 0 Å². The highest BCUT2D eigenvalue weighted by Crippen LogP contribution is 2.41. The number of ether oxygens (including phenoxy) is 1. The van der Waals surface area contributed by atoms with Gasteiger partial charge in [-0.25, -0.2) is 4.98 Å². The molecule has 1 saturated heterocycles. The number of aryl methyl sites for hydroxylation is 1. The van der Waals surface area contributed by atoms with E-state index in [1.165, 1.54) is 23.1 Å². The quantitative estimate of drug-likeness (QED) is 0.868. The zero-order valence-corrected chi connectivity index (χ0v) is 13.8. The van der Waals surface area contributed by atoms with Gasteiger partial charge in [-0.1, -0.05) is 17.8 Å². The summed E-state index contributed by atoms with van der Waals surface area (Å²) in [5.41, 5.74) is 1.94. The second-order valence-corrected chi connectivity index (χ2v) is 6.88. The average Bonchev–Trinajstić information content (AvgIpc) is 3.08. The highest BCUT2D eigenvalue weighted by molar-refractivity contribution is 8.19. The number of allylic oxidation sites excluding steroid dienone is 1. The molecule has 2 heterocycles. The van der Waals surface area contributed by atoms with E-state index < -0.39 is 5.92 Å². The Balaban J connectivity index is 1.91. The molecule has 4 nitrogen and oxygen atoms in total. The zero-order valence-electron chi connectivity index (χ0n) is 12.1. The highest BCUT2D eigenvalue weighted by Gasteiger charge is 2.38. The highest BCUT2D eigenvalue weighted by atomic mass is 32.2. The van der Waals surface area contributed by atoms with E-state index in [4.69, 9.17) is 10.1 Å². The molecule has 0 spiro atoms. The number of methoxy groups -OCH3 is 1. The third-order valence-electron chi connectivity index (χ3n) is 3.40. The molecule has 1 aromatic carbocycles. The molecule has 1 N–H and O–H groups in total. The smallest absolute Gasteiger partial charge is 0.186 e. The van der Waals surface area contributed by atoms with Crippen LogP contribution in [-0.2, 0) is 4.79 Å². The van der Waals surface area contributed by atoms with Crippen molar-refractivity contribution in [2.24, 2.45) is 0 Å². The van der Waals surface area contributed by atoms with Crippen molar-refractivity contribution in [2.45, 2.75) is 12.8 Å². The standard InChI is InChI=1S/C16H14N2O2S2/c1-9-7-10(3-4-11(9)20-2)8-12-14(19)13(15(17)22-12)16-18-5-6-21-16/h3-8,13,17H,1-2H3/b12-8-,17-15?/t13-/m0/s1. The Bertz CT molecular complexity index is 766. The molecule has 3 rings (SSSR count). The van der Waals surface area contributed by atoms with Crippen LogP contribution in [0.5, 0.6) is 5.75 Å². The summed E-state index contributed by atoms with van der Waals surface area (Å²) in [5, 5.41) is 10.9. The van der Waals surface area contributed by atoms with Crippen LogP contribution in [0.15, 0.2) is 34.7 Å². The van der Waals surface area contributed by atoms with Crippen LogP contribution >= 0.6 is 23.1 Å². The van der Waals surface area contributed by atoms with Crippen molar-refractivity contribution in [1.29, 1.82) is 5.41 Å². The number of aromatic nitrogens is 1. The summed E-state index contributed by atoms with van der Waals surface area (Å²) >= 11 is 2.63. The number of nitrogens with zero attached hydrogens (tertiary/aromatic N) is 1. The van der Waals surface area contributed by atoms with Crippen LogP contribution in [0.1, 0.15) is 22.1 Å². The molecule has 1 atom stereocenters. The topological polar surface area (TPSA) is 63.0 Å². The SMILES string of the molecule is COc1ccc(/C=C2\SC(=N)[C@@H](c3nccs3)C2=O)cc1C. The molecular weight excluding hydrogens is 316 g/mol. The maximum Gasteiger partial charge on any atom is 0.186 e. The van der Waals surface area contributed by atoms with Gasteiger partial charge in [-0.15, -0.1) is 11.3 Å². The van der Waals surface area contributed by atoms with Crippen LogP contribution in [0.4, 0.5) is 0 Å². The van der Waals surface area contributed by atoms with E-state index in [1.807, 2.05) is 36.6 Å². The molecular formula is C16H14N2O2S2. The third-order valence-corrected chi connectivity index (χ3v) is 5.24. The minimum atomic E-state index is -0.532. The first kappa shape index (κ1) is 15.0. The lowest BCUT2D eigenvalue weighted by molar-refractivity contribution is -0.114. The number of Topliss-reactive ketones (excluding diaryl/α,β-unsaturated/α-hetero) is 1. The monoisotopic (exact) mass is 330 g/mol. The number of benzene rings is 1. The van der Waals surface area contributed by atoms with Gasteiger partial charge in [-0.2, -0.15) is 0 Å². The molecule has 1 aromatic heterocycles. The largest absolute Gasteiger partial charge is 0.496 e. The fraction of sp³-hybridized carbons (Fsp3) is 0.188. The number of hydrogen-bond donors (Lipinski definition) is 1. The Hall–Kier alpha value is -1.92.